The first-order valence-corrected chi connectivity index (χ1v) is 9.22. The van der Waals surface area contributed by atoms with E-state index in [-0.39, 0.29) is 23.0 Å². The fraction of sp³-hybridized carbons (Fsp3) is 0.526. The molecule has 1 N–H and O–H groups in total. The predicted molar refractivity (Wildman–Crippen MR) is 99.1 cm³/mol. The molecular formula is C19H23F2N3O5. The first-order valence-electron chi connectivity index (χ1n) is 9.22. The summed E-state index contributed by atoms with van der Waals surface area (Å²) in [6.45, 7) is 7.86. The molecule has 8 nitrogen and oxygen atoms in total. The third kappa shape index (κ3) is 4.16. The predicted octanol–water partition coefficient (Wildman–Crippen LogP) is 2.92. The van der Waals surface area contributed by atoms with E-state index in [2.05, 4.69) is 10.3 Å². The molecule has 1 aliphatic heterocycles. The number of halogens is 2. The van der Waals surface area contributed by atoms with Gasteiger partial charge in [-0.25, -0.2) is 13.8 Å². The summed E-state index contributed by atoms with van der Waals surface area (Å²) >= 11 is 0. The molecule has 0 radical (unpaired) electrons. The zero-order valence-corrected chi connectivity index (χ0v) is 16.7. The zero-order chi connectivity index (χ0) is 21.5. The van der Waals surface area contributed by atoms with Gasteiger partial charge in [0.2, 0.25) is 5.95 Å². The van der Waals surface area contributed by atoms with Gasteiger partial charge in [-0.15, -0.1) is 0 Å². The van der Waals surface area contributed by atoms with Crippen molar-refractivity contribution in [1.29, 1.82) is 0 Å². The van der Waals surface area contributed by atoms with E-state index in [1.807, 2.05) is 13.8 Å². The molecule has 1 fully saturated rings. The fourth-order valence-corrected chi connectivity index (χ4v) is 3.39. The number of imidazole rings is 1. The molecule has 2 aromatic rings. The Kier molecular flexibility index (Phi) is 5.74. The molecule has 1 aromatic heterocycles. The molecule has 2 heterocycles. The Labute approximate surface area is 166 Å². The highest BCUT2D eigenvalue weighted by Crippen LogP contribution is 2.38. The highest BCUT2D eigenvalue weighted by Gasteiger charge is 2.49. The van der Waals surface area contributed by atoms with Gasteiger partial charge in [-0.05, 0) is 20.8 Å². The molecule has 0 bridgehead atoms. The van der Waals surface area contributed by atoms with Gasteiger partial charge < -0.3 is 19.5 Å². The van der Waals surface area contributed by atoms with Gasteiger partial charge in [0.15, 0.2) is 30.1 Å². The SMILES string of the molecule is CC(=O)O[C@@H]1[C@H](OC(C)=O)[C@@H](C)O[C@H]1n1c(NC(C)C)nc2cc(F)c(F)cc21. The van der Waals surface area contributed by atoms with Crippen LogP contribution in [0, 0.1) is 11.6 Å². The highest BCUT2D eigenvalue weighted by molar-refractivity contribution is 5.79. The van der Waals surface area contributed by atoms with Gasteiger partial charge in [-0.2, -0.15) is 0 Å². The molecule has 3 rings (SSSR count). The number of carbonyl (C=O) groups excluding carboxylic acids is 2. The molecule has 0 spiro atoms. The van der Waals surface area contributed by atoms with Crippen LogP contribution in [0.1, 0.15) is 40.8 Å². The van der Waals surface area contributed by atoms with Crippen LogP contribution >= 0.6 is 0 Å². The van der Waals surface area contributed by atoms with Crippen molar-refractivity contribution in [2.24, 2.45) is 0 Å². The number of anilines is 1. The van der Waals surface area contributed by atoms with Crippen LogP contribution in [0.3, 0.4) is 0 Å². The molecule has 158 valence electrons. The second kappa shape index (κ2) is 7.94. The van der Waals surface area contributed by atoms with Gasteiger partial charge in [0, 0.05) is 32.0 Å². The maximum atomic E-state index is 14.0. The summed E-state index contributed by atoms with van der Waals surface area (Å²) in [5, 5.41) is 3.10. The van der Waals surface area contributed by atoms with E-state index in [1.54, 1.807) is 6.92 Å². The lowest BCUT2D eigenvalue weighted by atomic mass is 10.1. The largest absolute Gasteiger partial charge is 0.456 e. The van der Waals surface area contributed by atoms with Gasteiger partial charge in [0.1, 0.15) is 0 Å². The summed E-state index contributed by atoms with van der Waals surface area (Å²) in [7, 11) is 0. The van der Waals surface area contributed by atoms with Crippen molar-refractivity contribution >= 4 is 28.9 Å². The van der Waals surface area contributed by atoms with E-state index in [4.69, 9.17) is 14.2 Å². The van der Waals surface area contributed by atoms with Gasteiger partial charge >= 0.3 is 11.9 Å². The number of carbonyl (C=O) groups is 2. The second-order valence-electron chi connectivity index (χ2n) is 7.24. The lowest BCUT2D eigenvalue weighted by molar-refractivity contribution is -0.165. The van der Waals surface area contributed by atoms with Crippen LogP contribution in [0.25, 0.3) is 11.0 Å². The Morgan fingerprint density at radius 1 is 1.14 bits per heavy atom. The molecule has 10 heteroatoms. The van der Waals surface area contributed by atoms with Crippen molar-refractivity contribution in [3.8, 4) is 0 Å². The number of ether oxygens (including phenoxy) is 3. The summed E-state index contributed by atoms with van der Waals surface area (Å²) in [6.07, 6.45) is -3.49. The molecule has 0 amide bonds. The van der Waals surface area contributed by atoms with Crippen molar-refractivity contribution in [2.75, 3.05) is 5.32 Å². The Morgan fingerprint density at radius 3 is 2.31 bits per heavy atom. The van der Waals surface area contributed by atoms with E-state index in [9.17, 15) is 18.4 Å². The topological polar surface area (TPSA) is 91.7 Å². The average Bonchev–Trinajstić information content (AvgIpc) is 3.05. The van der Waals surface area contributed by atoms with Crippen molar-refractivity contribution in [3.63, 3.8) is 0 Å². The van der Waals surface area contributed by atoms with Gasteiger partial charge in [0.25, 0.3) is 0 Å². The van der Waals surface area contributed by atoms with Gasteiger partial charge in [-0.1, -0.05) is 0 Å². The second-order valence-corrected chi connectivity index (χ2v) is 7.24. The minimum absolute atomic E-state index is 0.0597. The maximum Gasteiger partial charge on any atom is 0.303 e. The van der Waals surface area contributed by atoms with Crippen molar-refractivity contribution in [1.82, 2.24) is 9.55 Å². The van der Waals surface area contributed by atoms with E-state index in [0.717, 1.165) is 12.1 Å². The normalized spacial score (nSPS) is 24.1. The Balaban J connectivity index is 2.16. The number of nitrogens with zero attached hydrogens (tertiary/aromatic N) is 2. The van der Waals surface area contributed by atoms with Crippen LogP contribution < -0.4 is 5.32 Å². The molecule has 1 aromatic carbocycles. The van der Waals surface area contributed by atoms with E-state index >= 15 is 0 Å². The monoisotopic (exact) mass is 411 g/mol. The Hall–Kier alpha value is -2.75. The van der Waals surface area contributed by atoms with Crippen LogP contribution in [-0.4, -0.2) is 45.8 Å². The van der Waals surface area contributed by atoms with E-state index in [0.29, 0.717) is 0 Å². The number of fused-ring (bicyclic) bond motifs is 1. The minimum Gasteiger partial charge on any atom is -0.456 e. The quantitative estimate of drug-likeness (QED) is 0.757. The average molecular weight is 411 g/mol. The number of hydrogen-bond acceptors (Lipinski definition) is 7. The molecule has 0 aliphatic carbocycles. The number of aromatic nitrogens is 2. The zero-order valence-electron chi connectivity index (χ0n) is 16.7. The summed E-state index contributed by atoms with van der Waals surface area (Å²) in [6, 6.07) is 1.92. The van der Waals surface area contributed by atoms with Crippen molar-refractivity contribution in [3.05, 3.63) is 23.8 Å². The molecule has 4 atom stereocenters. The van der Waals surface area contributed by atoms with Crippen LogP contribution in [-0.2, 0) is 23.8 Å². The van der Waals surface area contributed by atoms with Crippen molar-refractivity contribution < 1.29 is 32.6 Å². The van der Waals surface area contributed by atoms with Crippen LogP contribution in [0.4, 0.5) is 14.7 Å². The smallest absolute Gasteiger partial charge is 0.303 e. The first-order chi connectivity index (χ1) is 13.6. The Bertz CT molecular complexity index is 946. The van der Waals surface area contributed by atoms with E-state index < -0.39 is 48.1 Å². The molecule has 0 unspecified atom stereocenters. The number of esters is 2. The number of benzene rings is 1. The fourth-order valence-electron chi connectivity index (χ4n) is 3.39. The first kappa shape index (κ1) is 21.0. The number of hydrogen-bond donors (Lipinski definition) is 1. The van der Waals surface area contributed by atoms with Crippen molar-refractivity contribution in [2.45, 2.75) is 65.2 Å². The Morgan fingerprint density at radius 2 is 1.72 bits per heavy atom. The van der Waals surface area contributed by atoms with E-state index in [1.165, 1.54) is 18.4 Å². The van der Waals surface area contributed by atoms with Gasteiger partial charge in [0.05, 0.1) is 17.1 Å². The lowest BCUT2D eigenvalue weighted by Gasteiger charge is -2.25. The summed E-state index contributed by atoms with van der Waals surface area (Å²) in [5.41, 5.74) is 0.436. The summed E-state index contributed by atoms with van der Waals surface area (Å²) in [4.78, 5) is 27.6. The minimum atomic E-state index is -1.05. The van der Waals surface area contributed by atoms with Crippen LogP contribution in [0.5, 0.6) is 0 Å². The molecular weight excluding hydrogens is 388 g/mol. The maximum absolute atomic E-state index is 14.0. The van der Waals surface area contributed by atoms with Crippen LogP contribution in [0.15, 0.2) is 12.1 Å². The summed E-state index contributed by atoms with van der Waals surface area (Å²) < 4.78 is 45.9. The molecule has 1 saturated heterocycles. The third-order valence-electron chi connectivity index (χ3n) is 4.43. The molecule has 29 heavy (non-hydrogen) atoms. The molecule has 0 saturated carbocycles. The third-order valence-corrected chi connectivity index (χ3v) is 4.43. The highest BCUT2D eigenvalue weighted by atomic mass is 19.2. The lowest BCUT2D eigenvalue weighted by Crippen LogP contribution is -2.38. The molecule has 1 aliphatic rings. The van der Waals surface area contributed by atoms with Crippen LogP contribution in [0.2, 0.25) is 0 Å². The number of nitrogens with one attached hydrogen (secondary N) is 1. The number of rotatable bonds is 5. The standard InChI is InChI=1S/C19H23F2N3O5/c1-8(2)22-19-23-14-6-12(20)13(21)7-15(14)24(19)18-17(29-11(5)26)16(9(3)27-18)28-10(4)25/h6-9,16-18H,1-5H3,(H,22,23)/t9-,16-,17-,18-/m1/s1. The van der Waals surface area contributed by atoms with Gasteiger partial charge in [-0.3, -0.25) is 14.2 Å². The summed E-state index contributed by atoms with van der Waals surface area (Å²) in [5.74, 6) is -2.98.